The Hall–Kier alpha value is 0.340. The van der Waals surface area contributed by atoms with Crippen LogP contribution in [-0.4, -0.2) is 38.9 Å². The Kier molecular flexibility index (Phi) is 6.08. The molecular weight excluding hydrogens is 360 g/mol. The Labute approximate surface area is 126 Å². The summed E-state index contributed by atoms with van der Waals surface area (Å²) >= 11 is 4.55. The predicted octanol–water partition coefficient (Wildman–Crippen LogP) is 2.30. The quantitative estimate of drug-likeness (QED) is 0.882. The number of hydrogen-bond acceptors (Lipinski definition) is 4. The third kappa shape index (κ3) is 3.26. The predicted molar refractivity (Wildman–Crippen MR) is 80.1 cm³/mol. The van der Waals surface area contributed by atoms with E-state index in [4.69, 9.17) is 0 Å². The van der Waals surface area contributed by atoms with E-state index in [-0.39, 0.29) is 18.4 Å². The molecule has 2 heterocycles. The van der Waals surface area contributed by atoms with Crippen molar-refractivity contribution in [2.75, 3.05) is 20.1 Å². The van der Waals surface area contributed by atoms with Crippen molar-refractivity contribution in [2.24, 2.45) is 0 Å². The van der Waals surface area contributed by atoms with Crippen molar-refractivity contribution in [3.05, 3.63) is 15.9 Å². The number of nitrogens with one attached hydrogen (secondary N) is 1. The number of likely N-dealkylation sites (N-methyl/N-ethyl adjacent to an activating group) is 1. The molecule has 104 valence electrons. The molecule has 1 saturated heterocycles. The number of halogens is 2. The third-order valence-corrected chi connectivity index (χ3v) is 7.46. The molecule has 0 spiro atoms. The summed E-state index contributed by atoms with van der Waals surface area (Å²) in [6.45, 7) is 1.17. The largest absolute Gasteiger partial charge is 0.316 e. The van der Waals surface area contributed by atoms with E-state index in [1.807, 2.05) is 7.05 Å². The van der Waals surface area contributed by atoms with Gasteiger partial charge in [-0.3, -0.25) is 0 Å². The molecular formula is C10H16BrClN2O2S2. The zero-order valence-electron chi connectivity index (χ0n) is 9.93. The molecule has 4 nitrogen and oxygen atoms in total. The van der Waals surface area contributed by atoms with E-state index in [0.717, 1.165) is 12.8 Å². The number of sulfonamides is 1. The zero-order valence-corrected chi connectivity index (χ0v) is 14.0. The summed E-state index contributed by atoms with van der Waals surface area (Å²) in [6, 6.07) is 2.04. The first-order chi connectivity index (χ1) is 8.05. The molecule has 2 rings (SSSR count). The minimum absolute atomic E-state index is 0. The minimum Gasteiger partial charge on any atom is -0.316 e. The number of thiophene rings is 1. The van der Waals surface area contributed by atoms with Gasteiger partial charge in [-0.05, 0) is 47.3 Å². The van der Waals surface area contributed by atoms with Crippen LogP contribution in [0.2, 0.25) is 0 Å². The normalized spacial score (nSPS) is 21.6. The van der Waals surface area contributed by atoms with Gasteiger partial charge in [0.1, 0.15) is 4.21 Å². The van der Waals surface area contributed by atoms with Crippen molar-refractivity contribution in [3.63, 3.8) is 0 Å². The number of piperidine rings is 1. The van der Waals surface area contributed by atoms with E-state index in [1.54, 1.807) is 15.8 Å². The maximum Gasteiger partial charge on any atom is 0.253 e. The lowest BCUT2D eigenvalue weighted by Gasteiger charge is -2.31. The summed E-state index contributed by atoms with van der Waals surface area (Å²) in [6.07, 6.45) is 1.95. The van der Waals surface area contributed by atoms with Crippen LogP contribution in [0.1, 0.15) is 12.8 Å². The summed E-state index contributed by atoms with van der Waals surface area (Å²) in [7, 11) is -1.45. The summed E-state index contributed by atoms with van der Waals surface area (Å²) in [5, 5.41) is 4.94. The fraction of sp³-hybridized carbons (Fsp3) is 0.600. The van der Waals surface area contributed by atoms with E-state index in [9.17, 15) is 8.42 Å². The average molecular weight is 376 g/mol. The van der Waals surface area contributed by atoms with Gasteiger partial charge in [-0.25, -0.2) is 8.42 Å². The first-order valence-electron chi connectivity index (χ1n) is 5.46. The molecule has 18 heavy (non-hydrogen) atoms. The second kappa shape index (κ2) is 6.67. The molecule has 1 aliphatic rings. The second-order valence-corrected chi connectivity index (χ2v) is 7.95. The number of rotatable bonds is 3. The highest BCUT2D eigenvalue weighted by Crippen LogP contribution is 2.31. The van der Waals surface area contributed by atoms with Gasteiger partial charge in [-0.15, -0.1) is 23.7 Å². The fourth-order valence-corrected chi connectivity index (χ4v) is 5.95. The van der Waals surface area contributed by atoms with E-state index in [1.165, 1.54) is 11.3 Å². The summed E-state index contributed by atoms with van der Waals surface area (Å²) in [5.74, 6) is 0. The molecule has 0 bridgehead atoms. The molecule has 1 N–H and O–H groups in total. The third-order valence-electron chi connectivity index (χ3n) is 2.95. The molecule has 1 atom stereocenters. The SMILES string of the molecule is CNC1CCCN(S(=O)(=O)c2sccc2Br)C1.Cl. The molecule has 1 aromatic rings. The fourth-order valence-electron chi connectivity index (χ4n) is 1.98. The molecule has 0 aliphatic carbocycles. The number of nitrogens with zero attached hydrogens (tertiary/aromatic N) is 1. The van der Waals surface area contributed by atoms with Crippen LogP contribution in [0.25, 0.3) is 0 Å². The Morgan fingerprint density at radius 3 is 2.83 bits per heavy atom. The lowest BCUT2D eigenvalue weighted by atomic mass is 10.1. The monoisotopic (exact) mass is 374 g/mol. The molecule has 1 fully saturated rings. The standard InChI is InChI=1S/C10H15BrN2O2S2.ClH/c1-12-8-3-2-5-13(7-8)17(14,15)10-9(11)4-6-16-10;/h4,6,8,12H,2-3,5,7H2,1H3;1H. The summed E-state index contributed by atoms with van der Waals surface area (Å²) in [4.78, 5) is 0. The van der Waals surface area contributed by atoms with Crippen LogP contribution in [0, 0.1) is 0 Å². The molecule has 0 radical (unpaired) electrons. The van der Waals surface area contributed by atoms with Crippen LogP contribution >= 0.6 is 39.7 Å². The Morgan fingerprint density at radius 1 is 1.56 bits per heavy atom. The van der Waals surface area contributed by atoms with E-state index >= 15 is 0 Å². The first kappa shape index (κ1) is 16.4. The van der Waals surface area contributed by atoms with E-state index in [0.29, 0.717) is 21.8 Å². The van der Waals surface area contributed by atoms with Gasteiger partial charge in [0.2, 0.25) is 0 Å². The lowest BCUT2D eigenvalue weighted by molar-refractivity contribution is 0.293. The van der Waals surface area contributed by atoms with Gasteiger partial charge in [0, 0.05) is 23.6 Å². The molecule has 8 heteroatoms. The Balaban J connectivity index is 0.00000162. The smallest absolute Gasteiger partial charge is 0.253 e. The van der Waals surface area contributed by atoms with Gasteiger partial charge in [-0.1, -0.05) is 0 Å². The molecule has 0 amide bonds. The minimum atomic E-state index is -3.33. The van der Waals surface area contributed by atoms with Crippen LogP contribution in [0.4, 0.5) is 0 Å². The van der Waals surface area contributed by atoms with Crippen molar-refractivity contribution in [3.8, 4) is 0 Å². The molecule has 0 aromatic carbocycles. The van der Waals surface area contributed by atoms with Crippen molar-refractivity contribution < 1.29 is 8.42 Å². The molecule has 0 saturated carbocycles. The molecule has 1 aliphatic heterocycles. The van der Waals surface area contributed by atoms with Gasteiger partial charge in [0.15, 0.2) is 0 Å². The first-order valence-corrected chi connectivity index (χ1v) is 8.57. The molecule has 1 aromatic heterocycles. The maximum absolute atomic E-state index is 12.4. The van der Waals surface area contributed by atoms with Crippen LogP contribution < -0.4 is 5.32 Å². The second-order valence-electron chi connectivity index (χ2n) is 4.05. The van der Waals surface area contributed by atoms with Gasteiger partial charge in [-0.2, -0.15) is 4.31 Å². The van der Waals surface area contributed by atoms with Gasteiger partial charge >= 0.3 is 0 Å². The summed E-state index contributed by atoms with van der Waals surface area (Å²) in [5.41, 5.74) is 0. The van der Waals surface area contributed by atoms with Crippen molar-refractivity contribution >= 4 is 49.7 Å². The van der Waals surface area contributed by atoms with Gasteiger partial charge in [0.05, 0.1) is 0 Å². The number of hydrogen-bond donors (Lipinski definition) is 1. The highest BCUT2D eigenvalue weighted by atomic mass is 79.9. The zero-order chi connectivity index (χ0) is 12.5. The maximum atomic E-state index is 12.4. The Morgan fingerprint density at radius 2 is 2.28 bits per heavy atom. The topological polar surface area (TPSA) is 49.4 Å². The van der Waals surface area contributed by atoms with Gasteiger partial charge < -0.3 is 5.32 Å². The van der Waals surface area contributed by atoms with Crippen molar-refractivity contribution in [2.45, 2.75) is 23.1 Å². The van der Waals surface area contributed by atoms with Crippen LogP contribution in [0.3, 0.4) is 0 Å². The summed E-state index contributed by atoms with van der Waals surface area (Å²) < 4.78 is 27.5. The average Bonchev–Trinajstić information content (AvgIpc) is 2.76. The van der Waals surface area contributed by atoms with Crippen molar-refractivity contribution in [1.29, 1.82) is 0 Å². The highest BCUT2D eigenvalue weighted by Gasteiger charge is 2.31. The van der Waals surface area contributed by atoms with Crippen molar-refractivity contribution in [1.82, 2.24) is 9.62 Å². The van der Waals surface area contributed by atoms with Crippen LogP contribution in [0.15, 0.2) is 20.1 Å². The lowest BCUT2D eigenvalue weighted by Crippen LogP contribution is -2.46. The molecule has 1 unspecified atom stereocenters. The highest BCUT2D eigenvalue weighted by molar-refractivity contribution is 9.10. The van der Waals surface area contributed by atoms with Crippen LogP contribution in [0.5, 0.6) is 0 Å². The van der Waals surface area contributed by atoms with E-state index in [2.05, 4.69) is 21.2 Å². The van der Waals surface area contributed by atoms with Crippen LogP contribution in [-0.2, 0) is 10.0 Å². The Bertz CT molecular complexity index is 492. The van der Waals surface area contributed by atoms with Gasteiger partial charge in [0.25, 0.3) is 10.0 Å². The van der Waals surface area contributed by atoms with E-state index < -0.39 is 10.0 Å².